The molecule has 10 heteroatoms. The lowest BCUT2D eigenvalue weighted by Gasteiger charge is -2.14. The molecule has 0 aromatic heterocycles. The van der Waals surface area contributed by atoms with Crippen LogP contribution in [-0.2, 0) is 22.2 Å². The summed E-state index contributed by atoms with van der Waals surface area (Å²) in [5, 5.41) is 0.577. The quantitative estimate of drug-likeness (QED) is 0.498. The molecule has 0 bridgehead atoms. The fourth-order valence-electron chi connectivity index (χ4n) is 2.09. The Morgan fingerprint density at radius 2 is 1.33 bits per heavy atom. The van der Waals surface area contributed by atoms with Crippen molar-refractivity contribution in [3.63, 3.8) is 0 Å². The lowest BCUT2D eigenvalue weighted by atomic mass is 10.0. The maximum absolute atomic E-state index is 12.9. The summed E-state index contributed by atoms with van der Waals surface area (Å²) < 4.78 is 102. The van der Waals surface area contributed by atoms with Crippen molar-refractivity contribution in [3.8, 4) is 0 Å². The van der Waals surface area contributed by atoms with Crippen LogP contribution >= 0.6 is 15.9 Å². The predicted octanol–water partition coefficient (Wildman–Crippen LogP) is 6.20. The average molecular weight is 473 g/mol. The van der Waals surface area contributed by atoms with Crippen LogP contribution in [0, 0.1) is 6.92 Å². The third-order valence-corrected chi connectivity index (χ3v) is 5.94. The van der Waals surface area contributed by atoms with Crippen LogP contribution in [0.5, 0.6) is 0 Å². The number of benzene rings is 2. The summed E-state index contributed by atoms with van der Waals surface area (Å²) in [6.45, 7) is 1.73. The average Bonchev–Trinajstić information content (AvgIpc) is 2.52. The van der Waals surface area contributed by atoms with Gasteiger partial charge in [-0.3, -0.25) is 0 Å². The number of alkyl halides is 6. The third-order valence-electron chi connectivity index (χ3n) is 3.47. The van der Waals surface area contributed by atoms with E-state index in [2.05, 4.69) is 15.9 Å². The van der Waals surface area contributed by atoms with Gasteiger partial charge in [0.2, 0.25) is 9.84 Å². The van der Waals surface area contributed by atoms with Gasteiger partial charge in [-0.2, -0.15) is 26.3 Å². The predicted molar refractivity (Wildman–Crippen MR) is 91.7 cm³/mol. The van der Waals surface area contributed by atoms with Crippen molar-refractivity contribution in [3.05, 3.63) is 70.1 Å². The van der Waals surface area contributed by atoms with Crippen LogP contribution in [0.3, 0.4) is 0 Å². The van der Waals surface area contributed by atoms with Gasteiger partial charge in [0, 0.05) is 4.48 Å². The minimum atomic E-state index is -5.03. The molecule has 146 valence electrons. The summed E-state index contributed by atoms with van der Waals surface area (Å²) in [6, 6.07) is 6.46. The zero-order chi connectivity index (χ0) is 20.6. The molecule has 0 fully saturated rings. The molecule has 0 saturated carbocycles. The Balaban J connectivity index is 2.58. The van der Waals surface area contributed by atoms with Gasteiger partial charge >= 0.3 is 12.4 Å². The largest absolute Gasteiger partial charge is 0.416 e. The van der Waals surface area contributed by atoms with Crippen LogP contribution in [0.15, 0.2) is 52.8 Å². The standard InChI is InChI=1S/C17H11BrF6O2S/c1-10-2-4-14(5-3-10)27(25,26)9-15(18)11-6-12(16(19,20)21)8-13(7-11)17(22,23)24/h2-9H,1H3/b15-9-. The molecule has 0 saturated heterocycles. The van der Waals surface area contributed by atoms with Crippen molar-refractivity contribution in [2.45, 2.75) is 24.2 Å². The Morgan fingerprint density at radius 1 is 0.889 bits per heavy atom. The molecule has 2 aromatic rings. The zero-order valence-corrected chi connectivity index (χ0v) is 15.9. The van der Waals surface area contributed by atoms with E-state index in [1.807, 2.05) is 0 Å². The fourth-order valence-corrected chi connectivity index (χ4v) is 4.12. The molecule has 0 heterocycles. The van der Waals surface area contributed by atoms with Gasteiger partial charge in [0.15, 0.2) is 0 Å². The number of aryl methyl sites for hydroxylation is 1. The van der Waals surface area contributed by atoms with Crippen molar-refractivity contribution in [1.82, 2.24) is 0 Å². The number of hydrogen-bond acceptors (Lipinski definition) is 2. The highest BCUT2D eigenvalue weighted by molar-refractivity contribution is 9.15. The number of sulfone groups is 1. The van der Waals surface area contributed by atoms with Crippen LogP contribution in [0.2, 0.25) is 0 Å². The van der Waals surface area contributed by atoms with Crippen molar-refractivity contribution in [1.29, 1.82) is 0 Å². The number of rotatable bonds is 3. The molecule has 0 aliphatic carbocycles. The molecule has 2 nitrogen and oxygen atoms in total. The summed E-state index contributed by atoms with van der Waals surface area (Å²) in [7, 11) is -4.09. The number of halogens is 7. The Bertz CT molecular complexity index is 942. The second-order valence-electron chi connectivity index (χ2n) is 5.62. The first-order valence-corrected chi connectivity index (χ1v) is 9.53. The zero-order valence-electron chi connectivity index (χ0n) is 13.5. The molecule has 0 amide bonds. The van der Waals surface area contributed by atoms with Gasteiger partial charge in [-0.1, -0.05) is 17.7 Å². The molecule has 0 spiro atoms. The highest BCUT2D eigenvalue weighted by Crippen LogP contribution is 2.38. The van der Waals surface area contributed by atoms with E-state index < -0.39 is 43.4 Å². The normalized spacial score (nSPS) is 13.7. The van der Waals surface area contributed by atoms with Gasteiger partial charge in [-0.15, -0.1) is 0 Å². The second-order valence-corrected chi connectivity index (χ2v) is 8.27. The molecule has 27 heavy (non-hydrogen) atoms. The SMILES string of the molecule is Cc1ccc(S(=O)(=O)/C=C(\Br)c2cc(C(F)(F)F)cc(C(F)(F)F)c2)cc1. The van der Waals surface area contributed by atoms with E-state index in [0.717, 1.165) is 5.56 Å². The van der Waals surface area contributed by atoms with Gasteiger partial charge < -0.3 is 0 Å². The highest BCUT2D eigenvalue weighted by atomic mass is 79.9. The second kappa shape index (κ2) is 7.31. The Hall–Kier alpha value is -1.81. The molecule has 2 aromatic carbocycles. The van der Waals surface area contributed by atoms with Crippen LogP contribution in [-0.4, -0.2) is 8.42 Å². The Morgan fingerprint density at radius 3 is 1.74 bits per heavy atom. The van der Waals surface area contributed by atoms with Crippen LogP contribution < -0.4 is 0 Å². The molecule has 0 atom stereocenters. The molecule has 0 radical (unpaired) electrons. The minimum absolute atomic E-state index is 0.0295. The number of hydrogen-bond donors (Lipinski definition) is 0. The Kier molecular flexibility index (Phi) is 5.82. The van der Waals surface area contributed by atoms with Crippen LogP contribution in [0.1, 0.15) is 22.3 Å². The van der Waals surface area contributed by atoms with E-state index in [9.17, 15) is 34.8 Å². The maximum atomic E-state index is 12.9. The molecule has 0 unspecified atom stereocenters. The van der Waals surface area contributed by atoms with E-state index in [0.29, 0.717) is 17.5 Å². The smallest absolute Gasteiger partial charge is 0.219 e. The lowest BCUT2D eigenvalue weighted by molar-refractivity contribution is -0.143. The Labute approximate surface area is 159 Å². The van der Waals surface area contributed by atoms with E-state index >= 15 is 0 Å². The van der Waals surface area contributed by atoms with Gasteiger partial charge in [-0.05, 0) is 58.7 Å². The van der Waals surface area contributed by atoms with Crippen molar-refractivity contribution < 1.29 is 34.8 Å². The lowest BCUT2D eigenvalue weighted by Crippen LogP contribution is -2.11. The maximum Gasteiger partial charge on any atom is 0.416 e. The first kappa shape index (κ1) is 21.5. The molecule has 0 N–H and O–H groups in total. The molecular weight excluding hydrogens is 462 g/mol. The van der Waals surface area contributed by atoms with Gasteiger partial charge in [-0.25, -0.2) is 8.42 Å². The monoisotopic (exact) mass is 472 g/mol. The van der Waals surface area contributed by atoms with Gasteiger partial charge in [0.25, 0.3) is 0 Å². The summed E-state index contributed by atoms with van der Waals surface area (Å²) in [4.78, 5) is -0.145. The molecule has 0 aliphatic rings. The van der Waals surface area contributed by atoms with E-state index in [1.54, 1.807) is 6.92 Å². The summed E-state index contributed by atoms with van der Waals surface area (Å²) in [5.41, 5.74) is -2.85. The first-order chi connectivity index (χ1) is 12.2. The topological polar surface area (TPSA) is 34.1 Å². The van der Waals surface area contributed by atoms with Gasteiger partial charge in [0.05, 0.1) is 21.4 Å². The van der Waals surface area contributed by atoms with Crippen LogP contribution in [0.4, 0.5) is 26.3 Å². The summed E-state index contributed by atoms with van der Waals surface area (Å²) >= 11 is 2.78. The third kappa shape index (κ3) is 5.35. The van der Waals surface area contributed by atoms with E-state index in [-0.39, 0.29) is 11.0 Å². The van der Waals surface area contributed by atoms with Crippen molar-refractivity contribution in [2.75, 3.05) is 0 Å². The minimum Gasteiger partial charge on any atom is -0.219 e. The highest BCUT2D eigenvalue weighted by Gasteiger charge is 2.37. The van der Waals surface area contributed by atoms with Crippen LogP contribution in [0.25, 0.3) is 4.48 Å². The molecule has 2 rings (SSSR count). The summed E-state index contributed by atoms with van der Waals surface area (Å²) in [6.07, 6.45) is -10.1. The van der Waals surface area contributed by atoms with Gasteiger partial charge in [0.1, 0.15) is 0 Å². The summed E-state index contributed by atoms with van der Waals surface area (Å²) in [5.74, 6) is 0. The van der Waals surface area contributed by atoms with E-state index in [4.69, 9.17) is 0 Å². The first-order valence-electron chi connectivity index (χ1n) is 7.19. The molecule has 0 aliphatic heterocycles. The van der Waals surface area contributed by atoms with Crippen molar-refractivity contribution >= 4 is 30.2 Å². The van der Waals surface area contributed by atoms with Crippen molar-refractivity contribution in [2.24, 2.45) is 0 Å². The molecular formula is C17H11BrF6O2S. The fraction of sp³-hybridized carbons (Fsp3) is 0.176. The van der Waals surface area contributed by atoms with E-state index in [1.165, 1.54) is 24.3 Å².